The molecule has 5 nitrogen and oxygen atoms in total. The smallest absolute Gasteiger partial charge is 0.233 e. The normalized spacial score (nSPS) is 10.3. The maximum Gasteiger partial charge on any atom is 0.233 e. The first kappa shape index (κ1) is 18.5. The molecule has 2 aromatic carbocycles. The van der Waals surface area contributed by atoms with E-state index < -0.39 is 0 Å². The minimum atomic E-state index is -0.385. The van der Waals surface area contributed by atoms with E-state index in [9.17, 15) is 9.59 Å². The van der Waals surface area contributed by atoms with Crippen LogP contribution in [0.15, 0.2) is 30.3 Å². The molecule has 0 atom stereocenters. The summed E-state index contributed by atoms with van der Waals surface area (Å²) in [6.45, 7) is 7.81. The van der Waals surface area contributed by atoms with Crippen LogP contribution in [0.2, 0.25) is 0 Å². The van der Waals surface area contributed by atoms with E-state index in [1.165, 1.54) is 7.11 Å². The van der Waals surface area contributed by atoms with Gasteiger partial charge in [-0.1, -0.05) is 23.8 Å². The van der Waals surface area contributed by atoms with Crippen molar-refractivity contribution in [2.75, 3.05) is 17.7 Å². The number of carbonyl (C=O) groups is 2. The molecule has 0 unspecified atom stereocenters. The van der Waals surface area contributed by atoms with Crippen molar-refractivity contribution in [3.63, 3.8) is 0 Å². The summed E-state index contributed by atoms with van der Waals surface area (Å²) in [4.78, 5) is 24.4. The highest BCUT2D eigenvalue weighted by Crippen LogP contribution is 2.25. The van der Waals surface area contributed by atoms with Crippen LogP contribution in [0, 0.1) is 27.7 Å². The van der Waals surface area contributed by atoms with Crippen molar-refractivity contribution < 1.29 is 14.3 Å². The lowest BCUT2D eigenvalue weighted by atomic mass is 10.0. The monoisotopic (exact) mass is 340 g/mol. The Morgan fingerprint density at radius 3 is 2.08 bits per heavy atom. The number of hydrogen-bond donors (Lipinski definition) is 2. The Bertz CT molecular complexity index is 790. The summed E-state index contributed by atoms with van der Waals surface area (Å²) in [5.41, 5.74) is 5.40. The van der Waals surface area contributed by atoms with Gasteiger partial charge in [0.15, 0.2) is 0 Å². The summed E-state index contributed by atoms with van der Waals surface area (Å²) < 4.78 is 5.23. The Morgan fingerprint density at radius 2 is 1.48 bits per heavy atom. The van der Waals surface area contributed by atoms with E-state index in [0.29, 0.717) is 11.4 Å². The molecule has 2 amide bonds. The summed E-state index contributed by atoms with van der Waals surface area (Å²) in [7, 11) is 1.54. The van der Waals surface area contributed by atoms with Crippen LogP contribution >= 0.6 is 0 Å². The molecule has 2 rings (SSSR count). The van der Waals surface area contributed by atoms with Gasteiger partial charge < -0.3 is 15.4 Å². The second-order valence-corrected chi connectivity index (χ2v) is 6.25. The van der Waals surface area contributed by atoms with Crippen LogP contribution in [0.5, 0.6) is 5.75 Å². The van der Waals surface area contributed by atoms with Crippen molar-refractivity contribution in [1.82, 2.24) is 0 Å². The molecule has 132 valence electrons. The highest BCUT2D eigenvalue weighted by Gasteiger charge is 2.14. The molecule has 0 bridgehead atoms. The SMILES string of the molecule is COc1ccc(C)cc1NC(=O)CC(=O)Nc1c(C)cc(C)cc1C. The fraction of sp³-hybridized carbons (Fsp3) is 0.300. The van der Waals surface area contributed by atoms with Crippen LogP contribution in [0.1, 0.15) is 28.7 Å². The van der Waals surface area contributed by atoms with Crippen molar-refractivity contribution in [3.8, 4) is 5.75 Å². The molecule has 0 aliphatic carbocycles. The summed E-state index contributed by atoms with van der Waals surface area (Å²) in [6, 6.07) is 9.48. The van der Waals surface area contributed by atoms with Gasteiger partial charge in [0.05, 0.1) is 12.8 Å². The van der Waals surface area contributed by atoms with Crippen molar-refractivity contribution >= 4 is 23.2 Å². The molecule has 0 saturated heterocycles. The molecule has 0 saturated carbocycles. The molecule has 0 aliphatic heterocycles. The highest BCUT2D eigenvalue weighted by atomic mass is 16.5. The van der Waals surface area contributed by atoms with Gasteiger partial charge >= 0.3 is 0 Å². The number of benzene rings is 2. The zero-order chi connectivity index (χ0) is 18.6. The number of anilines is 2. The van der Waals surface area contributed by atoms with Crippen molar-refractivity contribution in [1.29, 1.82) is 0 Å². The van der Waals surface area contributed by atoms with Crippen LogP contribution in [0.4, 0.5) is 11.4 Å². The molecule has 2 aromatic rings. The molecule has 0 radical (unpaired) electrons. The van der Waals surface area contributed by atoms with Crippen LogP contribution in [0.3, 0.4) is 0 Å². The van der Waals surface area contributed by atoms with Crippen LogP contribution in [-0.2, 0) is 9.59 Å². The molecular formula is C20H24N2O3. The third-order valence-corrected chi connectivity index (χ3v) is 3.89. The number of hydrogen-bond acceptors (Lipinski definition) is 3. The van der Waals surface area contributed by atoms with Gasteiger partial charge in [0, 0.05) is 5.69 Å². The lowest BCUT2D eigenvalue weighted by molar-refractivity contribution is -0.123. The molecule has 0 spiro atoms. The minimum absolute atomic E-state index is 0.260. The number of aryl methyl sites for hydroxylation is 4. The molecular weight excluding hydrogens is 316 g/mol. The molecule has 0 heterocycles. The predicted octanol–water partition coefficient (Wildman–Crippen LogP) is 3.90. The molecule has 0 aliphatic rings. The zero-order valence-electron chi connectivity index (χ0n) is 15.3. The van der Waals surface area contributed by atoms with Crippen molar-refractivity contribution in [3.05, 3.63) is 52.6 Å². The average molecular weight is 340 g/mol. The molecule has 2 N–H and O–H groups in total. The van der Waals surface area contributed by atoms with Gasteiger partial charge in [-0.25, -0.2) is 0 Å². The van der Waals surface area contributed by atoms with E-state index >= 15 is 0 Å². The fourth-order valence-electron chi connectivity index (χ4n) is 2.82. The van der Waals surface area contributed by atoms with Gasteiger partial charge in [0.2, 0.25) is 11.8 Å². The van der Waals surface area contributed by atoms with Gasteiger partial charge in [-0.3, -0.25) is 9.59 Å². The van der Waals surface area contributed by atoms with E-state index in [1.54, 1.807) is 6.07 Å². The molecule has 0 fully saturated rings. The second kappa shape index (κ2) is 7.83. The average Bonchev–Trinajstić information content (AvgIpc) is 2.51. The number of amides is 2. The Hall–Kier alpha value is -2.82. The van der Waals surface area contributed by atoms with Crippen molar-refractivity contribution in [2.24, 2.45) is 0 Å². The first-order valence-corrected chi connectivity index (χ1v) is 8.12. The Morgan fingerprint density at radius 1 is 0.880 bits per heavy atom. The summed E-state index contributed by atoms with van der Waals surface area (Å²) in [5.74, 6) is -0.174. The Balaban J connectivity index is 2.04. The first-order valence-electron chi connectivity index (χ1n) is 8.12. The van der Waals surface area contributed by atoms with Crippen LogP contribution in [-0.4, -0.2) is 18.9 Å². The zero-order valence-corrected chi connectivity index (χ0v) is 15.3. The minimum Gasteiger partial charge on any atom is -0.495 e. The number of rotatable bonds is 5. The van der Waals surface area contributed by atoms with E-state index in [2.05, 4.69) is 10.6 Å². The molecule has 0 aromatic heterocycles. The van der Waals surface area contributed by atoms with E-state index in [-0.39, 0.29) is 18.2 Å². The number of nitrogens with one attached hydrogen (secondary N) is 2. The quantitative estimate of drug-likeness (QED) is 0.811. The Kier molecular flexibility index (Phi) is 5.80. The van der Waals surface area contributed by atoms with E-state index in [0.717, 1.165) is 27.9 Å². The standard InChI is InChI=1S/C20H24N2O3/c1-12-6-7-17(25-5)16(10-12)21-18(23)11-19(24)22-20-14(3)8-13(2)9-15(20)4/h6-10H,11H2,1-5H3,(H,21,23)(H,22,24). The number of carbonyl (C=O) groups excluding carboxylic acids is 2. The van der Waals surface area contributed by atoms with Gasteiger partial charge in [-0.15, -0.1) is 0 Å². The van der Waals surface area contributed by atoms with Crippen LogP contribution < -0.4 is 15.4 Å². The van der Waals surface area contributed by atoms with E-state index in [1.807, 2.05) is 52.0 Å². The van der Waals surface area contributed by atoms with Gasteiger partial charge in [0.25, 0.3) is 0 Å². The van der Waals surface area contributed by atoms with Crippen molar-refractivity contribution in [2.45, 2.75) is 34.1 Å². The second-order valence-electron chi connectivity index (χ2n) is 6.25. The largest absolute Gasteiger partial charge is 0.495 e. The number of methoxy groups -OCH3 is 1. The summed E-state index contributed by atoms with van der Waals surface area (Å²) in [5, 5.41) is 5.56. The Labute approximate surface area is 148 Å². The third-order valence-electron chi connectivity index (χ3n) is 3.89. The van der Waals surface area contributed by atoms with Gasteiger partial charge in [-0.2, -0.15) is 0 Å². The highest BCUT2D eigenvalue weighted by molar-refractivity contribution is 6.08. The fourth-order valence-corrected chi connectivity index (χ4v) is 2.82. The maximum atomic E-state index is 12.2. The third kappa shape index (κ3) is 4.83. The van der Waals surface area contributed by atoms with Gasteiger partial charge in [-0.05, 0) is 56.5 Å². The summed E-state index contributed by atoms with van der Waals surface area (Å²) in [6.07, 6.45) is -0.260. The topological polar surface area (TPSA) is 67.4 Å². The molecule has 5 heteroatoms. The lowest BCUT2D eigenvalue weighted by Crippen LogP contribution is -2.22. The first-order chi connectivity index (χ1) is 11.8. The van der Waals surface area contributed by atoms with E-state index in [4.69, 9.17) is 4.74 Å². The lowest BCUT2D eigenvalue weighted by Gasteiger charge is -2.14. The summed E-state index contributed by atoms with van der Waals surface area (Å²) >= 11 is 0. The predicted molar refractivity (Wildman–Crippen MR) is 100 cm³/mol. The number of ether oxygens (including phenoxy) is 1. The maximum absolute atomic E-state index is 12.2. The molecule has 25 heavy (non-hydrogen) atoms. The van der Waals surface area contributed by atoms with Crippen LogP contribution in [0.25, 0.3) is 0 Å². The van der Waals surface area contributed by atoms with Gasteiger partial charge in [0.1, 0.15) is 12.2 Å².